The molecule has 8 heavy (non-hydrogen) atoms. The molecular formula is C5H13N2O-. The summed E-state index contributed by atoms with van der Waals surface area (Å²) in [7, 11) is 5.43. The summed E-state index contributed by atoms with van der Waals surface area (Å²) in [6, 6.07) is 0. The fraction of sp³-hybridized carbons (Fsp3) is 1.00. The number of nitrogens with zero attached hydrogens (tertiary/aromatic N) is 2. The molecule has 0 unspecified atom stereocenters. The molecule has 0 rings (SSSR count). The minimum Gasteiger partial charge on any atom is -0.785 e. The topological polar surface area (TPSA) is 29.5 Å². The molecule has 0 aliphatic heterocycles. The van der Waals surface area contributed by atoms with E-state index in [0.717, 1.165) is 11.6 Å². The van der Waals surface area contributed by atoms with Crippen LogP contribution in [0.4, 0.5) is 0 Å². The first-order chi connectivity index (χ1) is 3.63. The Balaban J connectivity index is 2.93. The van der Waals surface area contributed by atoms with Gasteiger partial charge in [0.1, 0.15) is 0 Å². The zero-order valence-corrected chi connectivity index (χ0v) is 5.72. The molecule has 0 aromatic carbocycles. The molecule has 0 radical (unpaired) electrons. The van der Waals surface area contributed by atoms with Gasteiger partial charge in [0.05, 0.1) is 0 Å². The summed E-state index contributed by atoms with van der Waals surface area (Å²) in [6.07, 6.45) is 0. The molecule has 0 saturated carbocycles. The summed E-state index contributed by atoms with van der Waals surface area (Å²) in [6.45, 7) is 1.42. The molecule has 0 atom stereocenters. The van der Waals surface area contributed by atoms with Crippen LogP contribution in [0.5, 0.6) is 0 Å². The third-order valence-electron chi connectivity index (χ3n) is 0.862. The average Bonchev–Trinajstić information content (AvgIpc) is 1.61. The standard InChI is InChI=1S/C5H13N2O/c1-6(2)4-5-7(3)8/h4-5H2,1-3H3/q-1. The third kappa shape index (κ3) is 5.88. The molecule has 0 heterocycles. The van der Waals surface area contributed by atoms with Crippen LogP contribution < -0.4 is 0 Å². The maximum atomic E-state index is 10.2. The molecule has 0 aliphatic carbocycles. The van der Waals surface area contributed by atoms with Gasteiger partial charge in [0, 0.05) is 6.54 Å². The Morgan fingerprint density at radius 3 is 1.75 bits per heavy atom. The van der Waals surface area contributed by atoms with E-state index in [1.54, 1.807) is 0 Å². The SMILES string of the molecule is CN(C)CCN(C)[O-]. The maximum Gasteiger partial charge on any atom is 0.00938 e. The lowest BCUT2D eigenvalue weighted by Gasteiger charge is -2.23. The van der Waals surface area contributed by atoms with Crippen molar-refractivity contribution in [2.75, 3.05) is 34.2 Å². The summed E-state index contributed by atoms with van der Waals surface area (Å²) in [4.78, 5) is 1.98. The Morgan fingerprint density at radius 1 is 1.12 bits per heavy atom. The maximum absolute atomic E-state index is 10.2. The van der Waals surface area contributed by atoms with Crippen molar-refractivity contribution in [2.24, 2.45) is 0 Å². The highest BCUT2D eigenvalue weighted by molar-refractivity contribution is 4.50. The molecule has 0 aliphatic rings. The van der Waals surface area contributed by atoms with Crippen molar-refractivity contribution in [1.82, 2.24) is 9.96 Å². The molecule has 0 amide bonds. The molecule has 0 spiro atoms. The van der Waals surface area contributed by atoms with Crippen molar-refractivity contribution in [1.29, 1.82) is 0 Å². The van der Waals surface area contributed by atoms with E-state index in [2.05, 4.69) is 0 Å². The van der Waals surface area contributed by atoms with Crippen molar-refractivity contribution >= 4 is 0 Å². The van der Waals surface area contributed by atoms with Crippen molar-refractivity contribution in [3.05, 3.63) is 5.21 Å². The smallest absolute Gasteiger partial charge is 0.00938 e. The van der Waals surface area contributed by atoms with Gasteiger partial charge in [0.2, 0.25) is 0 Å². The van der Waals surface area contributed by atoms with Crippen molar-refractivity contribution in [3.8, 4) is 0 Å². The lowest BCUT2D eigenvalue weighted by atomic mass is 10.6. The molecular weight excluding hydrogens is 104 g/mol. The zero-order chi connectivity index (χ0) is 6.57. The molecule has 50 valence electrons. The Hall–Kier alpha value is -0.120. The number of hydroxylamine groups is 2. The van der Waals surface area contributed by atoms with Crippen LogP contribution in [0.25, 0.3) is 0 Å². The van der Waals surface area contributed by atoms with E-state index in [1.807, 2.05) is 19.0 Å². The quantitative estimate of drug-likeness (QED) is 0.486. The first-order valence-corrected chi connectivity index (χ1v) is 2.66. The van der Waals surface area contributed by atoms with Gasteiger partial charge in [0.25, 0.3) is 0 Å². The second-order valence-electron chi connectivity index (χ2n) is 2.15. The molecule has 3 heteroatoms. The number of hydrogen-bond donors (Lipinski definition) is 0. The van der Waals surface area contributed by atoms with Crippen LogP contribution in [0.1, 0.15) is 0 Å². The van der Waals surface area contributed by atoms with Gasteiger partial charge in [0.15, 0.2) is 0 Å². The van der Waals surface area contributed by atoms with Gasteiger partial charge in [-0.25, -0.2) is 0 Å². The Kier molecular flexibility index (Phi) is 3.77. The van der Waals surface area contributed by atoms with Gasteiger partial charge in [-0.05, 0) is 27.7 Å². The summed E-state index contributed by atoms with van der Waals surface area (Å²) in [5.41, 5.74) is 0. The van der Waals surface area contributed by atoms with Crippen LogP contribution in [-0.2, 0) is 0 Å². The first-order valence-electron chi connectivity index (χ1n) is 2.66. The van der Waals surface area contributed by atoms with E-state index in [9.17, 15) is 5.21 Å². The van der Waals surface area contributed by atoms with Gasteiger partial charge in [-0.2, -0.15) is 0 Å². The molecule has 0 fully saturated rings. The highest BCUT2D eigenvalue weighted by Crippen LogP contribution is 1.77. The van der Waals surface area contributed by atoms with Crippen LogP contribution in [0.2, 0.25) is 0 Å². The van der Waals surface area contributed by atoms with Crippen LogP contribution in [0, 0.1) is 5.21 Å². The molecule has 3 nitrogen and oxygen atoms in total. The second-order valence-corrected chi connectivity index (χ2v) is 2.15. The summed E-state index contributed by atoms with van der Waals surface area (Å²) in [5, 5.41) is 11.2. The fourth-order valence-corrected chi connectivity index (χ4v) is 0.341. The number of rotatable bonds is 3. The second kappa shape index (κ2) is 3.83. The normalized spacial score (nSPS) is 11.2. The molecule has 0 aromatic rings. The van der Waals surface area contributed by atoms with Gasteiger partial charge in [-0.3, -0.25) is 0 Å². The minimum absolute atomic E-state index is 0.590. The number of hydrogen-bond acceptors (Lipinski definition) is 3. The van der Waals surface area contributed by atoms with E-state index < -0.39 is 0 Å². The van der Waals surface area contributed by atoms with Gasteiger partial charge < -0.3 is 15.2 Å². The predicted octanol–water partition coefficient (Wildman–Crippen LogP) is -0.0224. The fourth-order valence-electron chi connectivity index (χ4n) is 0.341. The summed E-state index contributed by atoms with van der Waals surface area (Å²) < 4.78 is 0. The van der Waals surface area contributed by atoms with Crippen LogP contribution in [0.3, 0.4) is 0 Å². The Bertz CT molecular complexity index is 46.4. The third-order valence-corrected chi connectivity index (χ3v) is 0.862. The minimum atomic E-state index is 0.590. The zero-order valence-electron chi connectivity index (χ0n) is 5.72. The lowest BCUT2D eigenvalue weighted by molar-refractivity contribution is 0.341. The molecule has 0 bridgehead atoms. The highest BCUT2D eigenvalue weighted by Gasteiger charge is 1.85. The highest BCUT2D eigenvalue weighted by atomic mass is 16.5. The average molecular weight is 117 g/mol. The van der Waals surface area contributed by atoms with E-state index in [4.69, 9.17) is 0 Å². The van der Waals surface area contributed by atoms with Gasteiger partial charge in [-0.15, -0.1) is 0 Å². The van der Waals surface area contributed by atoms with Crippen molar-refractivity contribution < 1.29 is 0 Å². The van der Waals surface area contributed by atoms with E-state index in [0.29, 0.717) is 6.54 Å². The van der Waals surface area contributed by atoms with Crippen LogP contribution in [0.15, 0.2) is 0 Å². The number of likely N-dealkylation sites (N-methyl/N-ethyl adjacent to an activating group) is 2. The van der Waals surface area contributed by atoms with Crippen LogP contribution in [-0.4, -0.2) is 44.2 Å². The molecule has 0 N–H and O–H groups in total. The molecule has 0 aromatic heterocycles. The van der Waals surface area contributed by atoms with Gasteiger partial charge >= 0.3 is 0 Å². The Morgan fingerprint density at radius 2 is 1.62 bits per heavy atom. The van der Waals surface area contributed by atoms with Crippen molar-refractivity contribution in [2.45, 2.75) is 0 Å². The van der Waals surface area contributed by atoms with E-state index in [1.165, 1.54) is 7.05 Å². The predicted molar refractivity (Wildman–Crippen MR) is 34.6 cm³/mol. The van der Waals surface area contributed by atoms with Gasteiger partial charge in [-0.1, -0.05) is 0 Å². The summed E-state index contributed by atoms with van der Waals surface area (Å²) >= 11 is 0. The largest absolute Gasteiger partial charge is 0.785 e. The van der Waals surface area contributed by atoms with E-state index in [-0.39, 0.29) is 0 Å². The van der Waals surface area contributed by atoms with Crippen LogP contribution >= 0.6 is 0 Å². The summed E-state index contributed by atoms with van der Waals surface area (Å²) in [5.74, 6) is 0. The Labute approximate surface area is 50.5 Å². The lowest BCUT2D eigenvalue weighted by Crippen LogP contribution is -2.24. The first kappa shape index (κ1) is 7.88. The van der Waals surface area contributed by atoms with E-state index >= 15 is 0 Å². The van der Waals surface area contributed by atoms with Crippen molar-refractivity contribution in [3.63, 3.8) is 0 Å². The monoisotopic (exact) mass is 117 g/mol. The molecule has 0 saturated heterocycles.